The number of pyridine rings is 1. The van der Waals surface area contributed by atoms with Crippen LogP contribution in [-0.4, -0.2) is 22.6 Å². The third-order valence-corrected chi connectivity index (χ3v) is 4.63. The van der Waals surface area contributed by atoms with Gasteiger partial charge in [0.05, 0.1) is 18.8 Å². The molecule has 2 heterocycles. The van der Waals surface area contributed by atoms with Gasteiger partial charge < -0.3 is 4.74 Å². The van der Waals surface area contributed by atoms with E-state index in [9.17, 15) is 0 Å². The molecule has 1 saturated heterocycles. The zero-order valence-corrected chi connectivity index (χ0v) is 11.6. The van der Waals surface area contributed by atoms with Crippen molar-refractivity contribution in [2.24, 2.45) is 5.84 Å². The average molecular weight is 267 g/mol. The molecule has 4 nitrogen and oxygen atoms in total. The first-order valence-electron chi connectivity index (χ1n) is 6.50. The zero-order valence-electron chi connectivity index (χ0n) is 10.8. The first-order chi connectivity index (χ1) is 8.85. The molecule has 2 atom stereocenters. The highest BCUT2D eigenvalue weighted by Gasteiger charge is 2.25. The molecule has 2 unspecified atom stereocenters. The highest BCUT2D eigenvalue weighted by atomic mass is 32.2. The number of aromatic nitrogens is 1. The molecular weight excluding hydrogens is 246 g/mol. The normalized spacial score (nSPS) is 21.6. The minimum absolute atomic E-state index is 0.156. The van der Waals surface area contributed by atoms with Crippen LogP contribution in [0.5, 0.6) is 5.75 Å². The molecule has 0 bridgehead atoms. The molecule has 1 aromatic heterocycles. The summed E-state index contributed by atoms with van der Waals surface area (Å²) < 4.78 is 5.49. The molecule has 1 aromatic rings. The quantitative estimate of drug-likeness (QED) is 0.633. The van der Waals surface area contributed by atoms with E-state index in [4.69, 9.17) is 10.6 Å². The van der Waals surface area contributed by atoms with Crippen molar-refractivity contribution in [1.82, 2.24) is 10.4 Å². The fourth-order valence-corrected chi connectivity index (χ4v) is 3.73. The number of thioether (sulfide) groups is 1. The lowest BCUT2D eigenvalue weighted by Gasteiger charge is -2.29. The molecule has 3 N–H and O–H groups in total. The van der Waals surface area contributed by atoms with E-state index in [-0.39, 0.29) is 6.04 Å². The van der Waals surface area contributed by atoms with Gasteiger partial charge in [-0.05, 0) is 37.1 Å². The summed E-state index contributed by atoms with van der Waals surface area (Å²) in [7, 11) is 0. The summed E-state index contributed by atoms with van der Waals surface area (Å²) in [5.74, 6) is 7.77. The van der Waals surface area contributed by atoms with E-state index < -0.39 is 0 Å². The van der Waals surface area contributed by atoms with Gasteiger partial charge in [0.1, 0.15) is 5.75 Å². The number of nitrogens with zero attached hydrogens (tertiary/aromatic N) is 1. The van der Waals surface area contributed by atoms with Crippen molar-refractivity contribution < 1.29 is 4.74 Å². The molecule has 0 saturated carbocycles. The minimum atomic E-state index is 0.156. The van der Waals surface area contributed by atoms with Crippen LogP contribution in [0, 0.1) is 0 Å². The Balaban J connectivity index is 2.12. The predicted octanol–water partition coefficient (Wildman–Crippen LogP) is 2.27. The van der Waals surface area contributed by atoms with E-state index >= 15 is 0 Å². The third kappa shape index (κ3) is 3.37. The van der Waals surface area contributed by atoms with Crippen LogP contribution in [0.1, 0.15) is 37.8 Å². The lowest BCUT2D eigenvalue weighted by Crippen LogP contribution is -2.36. The monoisotopic (exact) mass is 267 g/mol. The van der Waals surface area contributed by atoms with E-state index in [1.54, 1.807) is 6.20 Å². The van der Waals surface area contributed by atoms with Crippen molar-refractivity contribution >= 4 is 11.8 Å². The third-order valence-electron chi connectivity index (χ3n) is 3.17. The molecule has 0 aromatic carbocycles. The Bertz CT molecular complexity index is 369. The molecule has 100 valence electrons. The van der Waals surface area contributed by atoms with E-state index in [1.807, 2.05) is 30.9 Å². The number of ether oxygens (including phenoxy) is 1. The number of hydrogen-bond donors (Lipinski definition) is 2. The van der Waals surface area contributed by atoms with Crippen LogP contribution in [0.4, 0.5) is 0 Å². The van der Waals surface area contributed by atoms with Crippen LogP contribution in [0.25, 0.3) is 0 Å². The molecule has 1 fully saturated rings. The van der Waals surface area contributed by atoms with E-state index in [2.05, 4.69) is 10.4 Å². The maximum absolute atomic E-state index is 5.73. The first kappa shape index (κ1) is 13.6. The SMILES string of the molecule is CCOc1cncc(C(NN)C2CCCCS2)c1. The average Bonchev–Trinajstić information content (AvgIpc) is 2.42. The number of hydrazine groups is 1. The van der Waals surface area contributed by atoms with Crippen LogP contribution in [0.2, 0.25) is 0 Å². The number of nitrogens with one attached hydrogen (secondary N) is 1. The second-order valence-electron chi connectivity index (χ2n) is 4.44. The van der Waals surface area contributed by atoms with Gasteiger partial charge in [-0.2, -0.15) is 11.8 Å². The number of hydrogen-bond acceptors (Lipinski definition) is 5. The summed E-state index contributed by atoms with van der Waals surface area (Å²) in [5.41, 5.74) is 4.05. The van der Waals surface area contributed by atoms with Crippen LogP contribution < -0.4 is 16.0 Å². The van der Waals surface area contributed by atoms with Crippen LogP contribution in [0.3, 0.4) is 0 Å². The van der Waals surface area contributed by atoms with Crippen LogP contribution >= 0.6 is 11.8 Å². The van der Waals surface area contributed by atoms with Crippen LogP contribution in [-0.2, 0) is 0 Å². The van der Waals surface area contributed by atoms with Crippen LogP contribution in [0.15, 0.2) is 18.5 Å². The summed E-state index contributed by atoms with van der Waals surface area (Å²) in [6, 6.07) is 2.19. The predicted molar refractivity (Wildman–Crippen MR) is 75.6 cm³/mol. The molecular formula is C13H21N3OS. The van der Waals surface area contributed by atoms with Gasteiger partial charge in [-0.25, -0.2) is 0 Å². The molecule has 0 radical (unpaired) electrons. The Morgan fingerprint density at radius 1 is 1.56 bits per heavy atom. The second kappa shape index (κ2) is 6.97. The maximum Gasteiger partial charge on any atom is 0.137 e. The van der Waals surface area contributed by atoms with Crippen molar-refractivity contribution in [3.8, 4) is 5.75 Å². The minimum Gasteiger partial charge on any atom is -0.492 e. The van der Waals surface area contributed by atoms with E-state index in [0.717, 1.165) is 11.3 Å². The summed E-state index contributed by atoms with van der Waals surface area (Å²) in [6.07, 6.45) is 7.43. The van der Waals surface area contributed by atoms with Crippen molar-refractivity contribution in [3.63, 3.8) is 0 Å². The van der Waals surface area contributed by atoms with Gasteiger partial charge in [-0.3, -0.25) is 16.3 Å². The molecule has 1 aliphatic heterocycles. The van der Waals surface area contributed by atoms with Gasteiger partial charge >= 0.3 is 0 Å². The van der Waals surface area contributed by atoms with Crippen molar-refractivity contribution in [3.05, 3.63) is 24.0 Å². The largest absolute Gasteiger partial charge is 0.492 e. The van der Waals surface area contributed by atoms with Crippen molar-refractivity contribution in [2.45, 2.75) is 37.5 Å². The Labute approximate surface area is 113 Å². The topological polar surface area (TPSA) is 60.2 Å². The Kier molecular flexibility index (Phi) is 5.28. The molecule has 18 heavy (non-hydrogen) atoms. The Morgan fingerprint density at radius 3 is 3.11 bits per heavy atom. The fourth-order valence-electron chi connectivity index (χ4n) is 2.30. The summed E-state index contributed by atoms with van der Waals surface area (Å²) in [5, 5.41) is 0.530. The smallest absolute Gasteiger partial charge is 0.137 e. The lowest BCUT2D eigenvalue weighted by atomic mass is 10.0. The maximum atomic E-state index is 5.73. The van der Waals surface area contributed by atoms with Gasteiger partial charge in [0.15, 0.2) is 0 Å². The Hall–Kier alpha value is -0.780. The fraction of sp³-hybridized carbons (Fsp3) is 0.615. The van der Waals surface area contributed by atoms with Gasteiger partial charge in [-0.15, -0.1) is 0 Å². The van der Waals surface area contributed by atoms with Crippen molar-refractivity contribution in [1.29, 1.82) is 0 Å². The van der Waals surface area contributed by atoms with Gasteiger partial charge in [0.25, 0.3) is 0 Å². The van der Waals surface area contributed by atoms with Gasteiger partial charge in [0, 0.05) is 11.4 Å². The Morgan fingerprint density at radius 2 is 2.44 bits per heavy atom. The highest BCUT2D eigenvalue weighted by molar-refractivity contribution is 8.00. The number of nitrogens with two attached hydrogens (primary N) is 1. The van der Waals surface area contributed by atoms with Crippen molar-refractivity contribution in [2.75, 3.05) is 12.4 Å². The molecule has 0 aliphatic carbocycles. The molecule has 2 rings (SSSR count). The highest BCUT2D eigenvalue weighted by Crippen LogP contribution is 2.34. The lowest BCUT2D eigenvalue weighted by molar-refractivity contribution is 0.337. The summed E-state index contributed by atoms with van der Waals surface area (Å²) in [6.45, 7) is 2.63. The molecule has 5 heteroatoms. The second-order valence-corrected chi connectivity index (χ2v) is 5.78. The summed E-state index contributed by atoms with van der Waals surface area (Å²) in [4.78, 5) is 4.24. The van der Waals surface area contributed by atoms with E-state index in [0.29, 0.717) is 11.9 Å². The number of rotatable bonds is 5. The van der Waals surface area contributed by atoms with E-state index in [1.165, 1.54) is 25.0 Å². The molecule has 1 aliphatic rings. The standard InChI is InChI=1S/C13H21N3OS/c1-2-17-11-7-10(8-15-9-11)13(16-14)12-5-3-4-6-18-12/h7-9,12-13,16H,2-6,14H2,1H3. The summed E-state index contributed by atoms with van der Waals surface area (Å²) >= 11 is 2.00. The molecule has 0 amide bonds. The molecule has 0 spiro atoms. The van der Waals surface area contributed by atoms with Gasteiger partial charge in [-0.1, -0.05) is 6.42 Å². The van der Waals surface area contributed by atoms with Gasteiger partial charge in [0.2, 0.25) is 0 Å². The first-order valence-corrected chi connectivity index (χ1v) is 7.55. The zero-order chi connectivity index (χ0) is 12.8.